The van der Waals surface area contributed by atoms with E-state index in [9.17, 15) is 44.9 Å². The monoisotopic (exact) mass is 1950 g/mol. The van der Waals surface area contributed by atoms with Crippen LogP contribution in [0.2, 0.25) is 5.02 Å². The molecular weight excluding hydrogens is 1840 g/mol. The molecule has 0 amide bonds. The molecule has 5 aliphatic rings. The number of para-hydroxylation sites is 2. The van der Waals surface area contributed by atoms with Crippen LogP contribution in [0.15, 0.2) is 174 Å². The lowest BCUT2D eigenvalue weighted by Gasteiger charge is -2.19. The van der Waals surface area contributed by atoms with Crippen LogP contribution in [0.3, 0.4) is 0 Å². The van der Waals surface area contributed by atoms with Gasteiger partial charge in [0.2, 0.25) is 36.5 Å². The first kappa shape index (κ1) is 103. The summed E-state index contributed by atoms with van der Waals surface area (Å²) < 4.78 is 39.2. The first-order valence-electron chi connectivity index (χ1n) is 42.6. The molecule has 1 aliphatic heterocycles. The van der Waals surface area contributed by atoms with Crippen molar-refractivity contribution in [2.24, 2.45) is 50.5 Å². The smallest absolute Gasteiger partial charge is 0.339 e. The molecule has 27 nitrogen and oxygen atoms in total. The number of hydrogen-bond acceptors (Lipinski definition) is 26. The second-order valence-electron chi connectivity index (χ2n) is 32.4. The zero-order valence-corrected chi connectivity index (χ0v) is 81.1. The topological polar surface area (TPSA) is 355 Å². The fraction of sp³-hybridized carbons (Fsp3) is 0.387. The summed E-state index contributed by atoms with van der Waals surface area (Å²) in [5.74, 6) is -1.98. The highest BCUT2D eigenvalue weighted by molar-refractivity contribution is 7.08. The molecule has 11 aromatic rings. The van der Waals surface area contributed by atoms with Crippen LogP contribution in [-0.2, 0) is 5.41 Å². The summed E-state index contributed by atoms with van der Waals surface area (Å²) in [4.78, 5) is 39.5. The fourth-order valence-electron chi connectivity index (χ4n) is 14.4. The number of halogens is 5. The van der Waals surface area contributed by atoms with Gasteiger partial charge >= 0.3 is 5.97 Å². The highest BCUT2D eigenvalue weighted by atomic mass is 35.5. The van der Waals surface area contributed by atoms with Crippen LogP contribution in [0.25, 0.3) is 0 Å². The van der Waals surface area contributed by atoms with Gasteiger partial charge in [0.1, 0.15) is 34.3 Å². The standard InChI is InChI=1S/C21H29N3OS.C19H19N3O4S.C18H20ClN3O2S.C18H21N3O3S.C17H20FN3O2S.3ClH/c1-15-12-16(10-11-18(15)25)13-22-24-19(21(2,3)4)14-26-20(24)23-17-8-6-5-7-9-17;1-3-26-16-7-5-4-6-14(16)21-19-22(12(2)11-27-19)20-10-13-8-9-15(23)18(25)17(13)24;1-12-10-25-18(21-14-5-3-2-4-6-14)22(12)20-9-13-7-16-17(8-15(13)19)24-11-23-16;1-12-11-25-18(20-14-5-3-2-4-6-14)21(12)19-10-13-7-8-16(22)15(9-13)17(23)24;1-11-10-24-17(20-13-5-3-2-4-6-13)21(11)19-9-12-7-15(22)16(23)8-14(12)18;;;/h10-14,17,25H,5-9H2,1-4H3;4-11,23-25H,3H2,1-2H3;7-10,14H,2-6,11H2,1H3;7-11,14,22H,2-6H2,1H3,(H,23,24);7-10,13,22-23H,2-6H2,1H3;3*1H/b22-13+,23-20?;20-10+,21-19?;20-9+,21-18?;19-10+,20-18?;19-9+,20-17?;;;. The minimum absolute atomic E-state index is 0. The number of carbonyl (C=O) groups is 1. The Hall–Kier alpha value is -10.6. The third-order valence-electron chi connectivity index (χ3n) is 21.5. The summed E-state index contributed by atoms with van der Waals surface area (Å²) in [5, 5.41) is 109. The normalized spacial score (nSPS) is 15.8. The Balaban J connectivity index is 0.000000182. The maximum atomic E-state index is 13.8. The molecule has 0 saturated heterocycles. The number of benzene rings is 6. The minimum atomic E-state index is -1.17. The Bertz CT molecular complexity index is 6180. The lowest BCUT2D eigenvalue weighted by molar-refractivity contribution is 0.0693. The number of phenolic OH excluding ortho intramolecular Hbond substituents is 6. The van der Waals surface area contributed by atoms with E-state index in [4.69, 9.17) is 56.0 Å². The maximum Gasteiger partial charge on any atom is 0.339 e. The molecule has 0 spiro atoms. The number of rotatable bonds is 18. The lowest BCUT2D eigenvalue weighted by Crippen LogP contribution is -2.24. The van der Waals surface area contributed by atoms with Gasteiger partial charge in [0.25, 0.3) is 0 Å². The molecule has 130 heavy (non-hydrogen) atoms. The summed E-state index contributed by atoms with van der Waals surface area (Å²) in [6.07, 6.45) is 32.3. The molecule has 4 fully saturated rings. The van der Waals surface area contributed by atoms with E-state index in [1.165, 1.54) is 168 Å². The third kappa shape index (κ3) is 28.5. The van der Waals surface area contributed by atoms with Crippen LogP contribution in [0.5, 0.6) is 57.5 Å². The predicted octanol–water partition coefficient (Wildman–Crippen LogP) is 21.0. The molecule has 6 heterocycles. The van der Waals surface area contributed by atoms with Crippen molar-refractivity contribution in [2.75, 3.05) is 13.4 Å². The molecule has 4 aliphatic carbocycles. The number of thiazole rings is 5. The largest absolute Gasteiger partial charge is 0.508 e. The number of phenols is 7. The van der Waals surface area contributed by atoms with E-state index in [1.807, 2.05) is 116 Å². The minimum Gasteiger partial charge on any atom is -0.508 e. The molecule has 8 N–H and O–H groups in total. The zero-order valence-electron chi connectivity index (χ0n) is 73.8. The van der Waals surface area contributed by atoms with Crippen LogP contribution in [-0.4, -0.2) is 139 Å². The quantitative estimate of drug-likeness (QED) is 0.0294. The lowest BCUT2D eigenvalue weighted by atomic mass is 9.93. The van der Waals surface area contributed by atoms with Gasteiger partial charge < -0.3 is 55.1 Å². The van der Waals surface area contributed by atoms with Gasteiger partial charge in [-0.15, -0.1) is 93.9 Å². The van der Waals surface area contributed by atoms with E-state index >= 15 is 0 Å². The number of fused-ring (bicyclic) bond motifs is 1. The van der Waals surface area contributed by atoms with E-state index in [0.717, 1.165) is 96.5 Å². The van der Waals surface area contributed by atoms with Gasteiger partial charge in [-0.3, -0.25) is 20.0 Å². The Kier molecular flexibility index (Phi) is 39.3. The highest BCUT2D eigenvalue weighted by Crippen LogP contribution is 2.39. The van der Waals surface area contributed by atoms with Crippen molar-refractivity contribution in [1.82, 2.24) is 23.4 Å². The summed E-state index contributed by atoms with van der Waals surface area (Å²) in [7, 11) is 0. The number of hydrogen-bond donors (Lipinski definition) is 8. The Labute approximate surface area is 797 Å². The van der Waals surface area contributed by atoms with Crippen LogP contribution < -0.4 is 38.2 Å². The van der Waals surface area contributed by atoms with Crippen molar-refractivity contribution in [1.29, 1.82) is 0 Å². The van der Waals surface area contributed by atoms with Crippen molar-refractivity contribution >= 4 is 148 Å². The second kappa shape index (κ2) is 49.6. The molecular formula is C93H112Cl4FN15O12S5. The van der Waals surface area contributed by atoms with Gasteiger partial charge in [-0.2, -0.15) is 25.5 Å². The first-order valence-corrected chi connectivity index (χ1v) is 47.4. The molecule has 16 rings (SSSR count). The average molecular weight is 1950 g/mol. The molecule has 4 saturated carbocycles. The van der Waals surface area contributed by atoms with Crippen LogP contribution >= 0.6 is 106 Å². The van der Waals surface area contributed by atoms with Crippen molar-refractivity contribution in [3.8, 4) is 57.5 Å². The summed E-state index contributed by atoms with van der Waals surface area (Å²) >= 11 is 14.1. The van der Waals surface area contributed by atoms with Crippen molar-refractivity contribution in [3.63, 3.8) is 0 Å². The van der Waals surface area contributed by atoms with Crippen LogP contribution in [0.4, 0.5) is 10.1 Å². The molecule has 5 aromatic heterocycles. The van der Waals surface area contributed by atoms with Crippen molar-refractivity contribution in [3.05, 3.63) is 226 Å². The van der Waals surface area contributed by atoms with E-state index in [-0.39, 0.29) is 77.6 Å². The van der Waals surface area contributed by atoms with Crippen LogP contribution in [0.1, 0.15) is 228 Å². The fourth-order valence-corrected chi connectivity index (χ4v) is 19.2. The van der Waals surface area contributed by atoms with Gasteiger partial charge in [0.15, 0.2) is 34.5 Å². The van der Waals surface area contributed by atoms with Gasteiger partial charge in [0, 0.05) is 61.1 Å². The zero-order chi connectivity index (χ0) is 90.3. The second-order valence-corrected chi connectivity index (χ2v) is 36.9. The summed E-state index contributed by atoms with van der Waals surface area (Å²) in [5.41, 5.74) is 9.14. The number of nitrogens with zero attached hydrogens (tertiary/aromatic N) is 15. The summed E-state index contributed by atoms with van der Waals surface area (Å²) in [6.45, 7) is 19.0. The number of carboxylic acid groups (broad SMARTS) is 1. The number of aromatic nitrogens is 5. The van der Waals surface area contributed by atoms with Gasteiger partial charge in [-0.25, -0.2) is 37.6 Å². The highest BCUT2D eigenvalue weighted by Gasteiger charge is 2.24. The Morgan fingerprint density at radius 1 is 0.462 bits per heavy atom. The number of carboxylic acids is 1. The first-order chi connectivity index (χ1) is 61.1. The van der Waals surface area contributed by atoms with Gasteiger partial charge in [0.05, 0.1) is 95.3 Å². The third-order valence-corrected chi connectivity index (χ3v) is 26.4. The number of aromatic hydroxyl groups is 7. The Morgan fingerprint density at radius 3 is 1.35 bits per heavy atom. The number of aryl methyl sites for hydroxylation is 5. The molecule has 0 unspecified atom stereocenters. The molecule has 696 valence electrons. The molecule has 0 bridgehead atoms. The SMILES string of the molecule is CCOc1ccccc1N=c1scc(C)n1/N=C/c1ccc(O)c(O)c1O.Cc1cc(/C=N/n2c(C(C)(C)C)csc2=NC2CCCCC2)ccc1O.Cc1csc(=NC2CCCCC2)n1/N=C/c1cc(O)c(O)cc1F.Cc1csc(=NC2CCCCC2)n1/N=C/c1cc2c(cc1Cl)OCO2.Cc1csc(=NC2CCCCC2)n1/N=C/c1ccc(O)c(C(=O)O)c1.Cl.Cl.Cl. The average Bonchev–Trinajstić information content (AvgIpc) is 1.66. The summed E-state index contributed by atoms with van der Waals surface area (Å²) in [6, 6.07) is 27.3. The van der Waals surface area contributed by atoms with E-state index < -0.39 is 34.8 Å². The molecule has 6 aromatic carbocycles. The van der Waals surface area contributed by atoms with E-state index in [1.54, 1.807) is 78.7 Å². The van der Waals surface area contributed by atoms with Crippen molar-refractivity contribution < 1.29 is 64.2 Å². The van der Waals surface area contributed by atoms with Gasteiger partial charge in [-0.1, -0.05) is 122 Å². The predicted molar refractivity (Wildman–Crippen MR) is 525 cm³/mol. The van der Waals surface area contributed by atoms with Crippen LogP contribution in [0, 0.1) is 40.4 Å². The van der Waals surface area contributed by atoms with Gasteiger partial charge in [-0.05, 0) is 182 Å². The Morgan fingerprint density at radius 2 is 0.869 bits per heavy atom. The number of ether oxygens (including phenoxy) is 3. The maximum absolute atomic E-state index is 13.8. The molecule has 37 heteroatoms. The number of aromatic carboxylic acids is 1. The van der Waals surface area contributed by atoms with E-state index in [0.29, 0.717) is 74.8 Å². The van der Waals surface area contributed by atoms with E-state index in [2.05, 4.69) is 56.9 Å². The molecule has 0 atom stereocenters. The van der Waals surface area contributed by atoms with Crippen molar-refractivity contribution in [2.45, 2.75) is 220 Å². The molecule has 0 radical (unpaired) electrons.